The number of para-hydroxylation sites is 1. The van der Waals surface area contributed by atoms with E-state index in [0.29, 0.717) is 22.7 Å². The van der Waals surface area contributed by atoms with Gasteiger partial charge in [-0.25, -0.2) is 0 Å². The molecule has 0 aliphatic heterocycles. The van der Waals surface area contributed by atoms with Crippen molar-refractivity contribution in [3.05, 3.63) is 89.2 Å². The van der Waals surface area contributed by atoms with Crippen LogP contribution in [0.5, 0.6) is 0 Å². The second kappa shape index (κ2) is 7.72. The van der Waals surface area contributed by atoms with Crippen LogP contribution < -0.4 is 5.32 Å². The van der Waals surface area contributed by atoms with E-state index in [9.17, 15) is 4.79 Å². The Balaban J connectivity index is 1.63. The van der Waals surface area contributed by atoms with Crippen LogP contribution >= 0.6 is 0 Å². The van der Waals surface area contributed by atoms with Gasteiger partial charge in [0, 0.05) is 10.9 Å². The molecule has 0 spiro atoms. The Kier molecular flexibility index (Phi) is 4.96. The topological polar surface area (TPSA) is 67.0 Å². The monoisotopic (exact) mass is 383 g/mol. The van der Waals surface area contributed by atoms with Crippen LogP contribution in [0.15, 0.2) is 81.4 Å². The van der Waals surface area contributed by atoms with E-state index in [0.717, 1.165) is 27.8 Å². The molecule has 0 atom stereocenters. The number of anilines is 1. The zero-order valence-electron chi connectivity index (χ0n) is 16.6. The SMILES string of the molecule is Cc1ccc(N=Nc2cc(C)ccc2NC(=O)c2oc3ccccc3c2C)cc1. The molecule has 0 fully saturated rings. The van der Waals surface area contributed by atoms with Crippen LogP contribution in [0.2, 0.25) is 0 Å². The molecule has 5 nitrogen and oxygen atoms in total. The van der Waals surface area contributed by atoms with Gasteiger partial charge in [0.25, 0.3) is 5.91 Å². The van der Waals surface area contributed by atoms with Crippen LogP contribution in [0, 0.1) is 20.8 Å². The number of nitrogens with zero attached hydrogens (tertiary/aromatic N) is 2. The van der Waals surface area contributed by atoms with Gasteiger partial charge in [-0.2, -0.15) is 5.11 Å². The molecule has 0 unspecified atom stereocenters. The van der Waals surface area contributed by atoms with Gasteiger partial charge in [0.15, 0.2) is 5.76 Å². The van der Waals surface area contributed by atoms with Crippen molar-refractivity contribution in [3.63, 3.8) is 0 Å². The lowest BCUT2D eigenvalue weighted by atomic mass is 10.1. The second-order valence-corrected chi connectivity index (χ2v) is 7.06. The molecular weight excluding hydrogens is 362 g/mol. The summed E-state index contributed by atoms with van der Waals surface area (Å²) in [7, 11) is 0. The van der Waals surface area contributed by atoms with E-state index < -0.39 is 0 Å². The number of carbonyl (C=O) groups excluding carboxylic acids is 1. The fraction of sp³-hybridized carbons (Fsp3) is 0.125. The predicted molar refractivity (Wildman–Crippen MR) is 115 cm³/mol. The fourth-order valence-electron chi connectivity index (χ4n) is 3.12. The van der Waals surface area contributed by atoms with E-state index in [2.05, 4.69) is 15.5 Å². The molecule has 1 aromatic heterocycles. The smallest absolute Gasteiger partial charge is 0.291 e. The number of benzene rings is 3. The molecule has 0 saturated carbocycles. The first-order chi connectivity index (χ1) is 14.0. The van der Waals surface area contributed by atoms with Gasteiger partial charge in [0.05, 0.1) is 11.4 Å². The summed E-state index contributed by atoms with van der Waals surface area (Å²) in [5.41, 5.74) is 5.62. The normalized spacial score (nSPS) is 11.3. The fourth-order valence-corrected chi connectivity index (χ4v) is 3.12. The Hall–Kier alpha value is -3.73. The van der Waals surface area contributed by atoms with Crippen LogP contribution in [0.4, 0.5) is 17.1 Å². The molecule has 1 heterocycles. The third-order valence-corrected chi connectivity index (χ3v) is 4.76. The van der Waals surface area contributed by atoms with E-state index in [1.807, 2.05) is 87.5 Å². The maximum absolute atomic E-state index is 12.9. The van der Waals surface area contributed by atoms with Crippen LogP contribution in [0.1, 0.15) is 27.2 Å². The first-order valence-corrected chi connectivity index (χ1v) is 9.40. The Labute approximate surface area is 169 Å². The highest BCUT2D eigenvalue weighted by molar-refractivity contribution is 6.07. The van der Waals surface area contributed by atoms with Crippen molar-refractivity contribution in [2.24, 2.45) is 10.2 Å². The number of aryl methyl sites for hydroxylation is 3. The summed E-state index contributed by atoms with van der Waals surface area (Å²) in [6, 6.07) is 21.0. The van der Waals surface area contributed by atoms with Crippen molar-refractivity contribution in [1.82, 2.24) is 0 Å². The molecule has 0 saturated heterocycles. The number of hydrogen-bond acceptors (Lipinski definition) is 4. The number of rotatable bonds is 4. The number of azo groups is 1. The summed E-state index contributed by atoms with van der Waals surface area (Å²) in [4.78, 5) is 12.9. The quantitative estimate of drug-likeness (QED) is 0.385. The summed E-state index contributed by atoms with van der Waals surface area (Å²) >= 11 is 0. The van der Waals surface area contributed by atoms with Gasteiger partial charge in [-0.05, 0) is 56.7 Å². The van der Waals surface area contributed by atoms with Crippen LogP contribution in [0.3, 0.4) is 0 Å². The van der Waals surface area contributed by atoms with E-state index in [-0.39, 0.29) is 5.91 Å². The van der Waals surface area contributed by atoms with Gasteiger partial charge in [-0.1, -0.05) is 42.0 Å². The number of amides is 1. The minimum Gasteiger partial charge on any atom is -0.451 e. The van der Waals surface area contributed by atoms with Gasteiger partial charge in [0.2, 0.25) is 0 Å². The third kappa shape index (κ3) is 3.94. The standard InChI is InChI=1S/C24H21N3O2/c1-15-8-11-18(12-9-15)26-27-21-14-16(2)10-13-20(21)25-24(28)23-17(3)19-6-4-5-7-22(19)29-23/h4-14H,1-3H3,(H,25,28). The van der Waals surface area contributed by atoms with Crippen LogP contribution in [0.25, 0.3) is 11.0 Å². The van der Waals surface area contributed by atoms with E-state index in [4.69, 9.17) is 4.42 Å². The average molecular weight is 383 g/mol. The summed E-state index contributed by atoms with van der Waals surface area (Å²) in [6.07, 6.45) is 0. The van der Waals surface area contributed by atoms with Gasteiger partial charge < -0.3 is 9.73 Å². The summed E-state index contributed by atoms with van der Waals surface area (Å²) in [6.45, 7) is 5.88. The zero-order chi connectivity index (χ0) is 20.4. The lowest BCUT2D eigenvalue weighted by molar-refractivity contribution is 0.0998. The van der Waals surface area contributed by atoms with E-state index in [1.54, 1.807) is 0 Å². The molecule has 4 rings (SSSR count). The third-order valence-electron chi connectivity index (χ3n) is 4.76. The van der Waals surface area contributed by atoms with Crippen molar-refractivity contribution in [1.29, 1.82) is 0 Å². The highest BCUT2D eigenvalue weighted by Crippen LogP contribution is 2.30. The van der Waals surface area contributed by atoms with Crippen LogP contribution in [-0.2, 0) is 0 Å². The molecule has 4 aromatic rings. The molecule has 3 aromatic carbocycles. The summed E-state index contributed by atoms with van der Waals surface area (Å²) in [5.74, 6) is -0.0115. The van der Waals surface area contributed by atoms with Gasteiger partial charge in [-0.15, -0.1) is 5.11 Å². The first-order valence-electron chi connectivity index (χ1n) is 9.40. The largest absolute Gasteiger partial charge is 0.451 e. The molecule has 144 valence electrons. The maximum atomic E-state index is 12.9. The summed E-state index contributed by atoms with van der Waals surface area (Å²) in [5, 5.41) is 12.5. The van der Waals surface area contributed by atoms with Gasteiger partial charge >= 0.3 is 0 Å². The van der Waals surface area contributed by atoms with Crippen molar-refractivity contribution >= 4 is 33.9 Å². The molecule has 0 aliphatic carbocycles. The van der Waals surface area contributed by atoms with Crippen LogP contribution in [-0.4, -0.2) is 5.91 Å². The molecule has 0 radical (unpaired) electrons. The van der Waals surface area contributed by atoms with Crippen molar-refractivity contribution in [2.45, 2.75) is 20.8 Å². The average Bonchev–Trinajstić information content (AvgIpc) is 3.06. The molecule has 1 amide bonds. The molecule has 0 aliphatic rings. The lowest BCUT2D eigenvalue weighted by Gasteiger charge is -2.08. The van der Waals surface area contributed by atoms with Gasteiger partial charge in [0.1, 0.15) is 11.3 Å². The van der Waals surface area contributed by atoms with Crippen molar-refractivity contribution < 1.29 is 9.21 Å². The van der Waals surface area contributed by atoms with E-state index >= 15 is 0 Å². The Morgan fingerprint density at radius 1 is 0.862 bits per heavy atom. The minimum absolute atomic E-state index is 0.299. The maximum Gasteiger partial charge on any atom is 0.291 e. The predicted octanol–water partition coefficient (Wildman–Crippen LogP) is 7.03. The second-order valence-electron chi connectivity index (χ2n) is 7.06. The number of furan rings is 1. The number of nitrogens with one attached hydrogen (secondary N) is 1. The number of hydrogen-bond donors (Lipinski definition) is 1. The molecule has 1 N–H and O–H groups in total. The Bertz CT molecular complexity index is 1220. The lowest BCUT2D eigenvalue weighted by Crippen LogP contribution is -2.12. The Morgan fingerprint density at radius 3 is 2.34 bits per heavy atom. The van der Waals surface area contributed by atoms with Crippen molar-refractivity contribution in [2.75, 3.05) is 5.32 Å². The number of fused-ring (bicyclic) bond motifs is 1. The molecular formula is C24H21N3O2. The van der Waals surface area contributed by atoms with E-state index in [1.165, 1.54) is 0 Å². The molecule has 0 bridgehead atoms. The zero-order valence-corrected chi connectivity index (χ0v) is 16.6. The van der Waals surface area contributed by atoms with Crippen molar-refractivity contribution in [3.8, 4) is 0 Å². The van der Waals surface area contributed by atoms with Gasteiger partial charge in [-0.3, -0.25) is 4.79 Å². The highest BCUT2D eigenvalue weighted by atomic mass is 16.3. The molecule has 5 heteroatoms. The number of carbonyl (C=O) groups is 1. The Morgan fingerprint density at radius 2 is 1.59 bits per heavy atom. The minimum atomic E-state index is -0.311. The summed E-state index contributed by atoms with van der Waals surface area (Å²) < 4.78 is 5.77. The molecule has 29 heavy (non-hydrogen) atoms. The first kappa shape index (κ1) is 18.6. The highest BCUT2D eigenvalue weighted by Gasteiger charge is 2.18.